The molecule has 1 unspecified atom stereocenters. The highest BCUT2D eigenvalue weighted by Gasteiger charge is 2.26. The molecule has 0 aliphatic rings. The first-order chi connectivity index (χ1) is 9.86. The fraction of sp³-hybridized carbons (Fsp3) is 0.625. The molecule has 0 bridgehead atoms. The molecule has 0 saturated heterocycles. The number of methoxy groups -OCH3 is 1. The van der Waals surface area contributed by atoms with Gasteiger partial charge < -0.3 is 19.9 Å². The van der Waals surface area contributed by atoms with Crippen LogP contribution in [-0.2, 0) is 11.3 Å². The van der Waals surface area contributed by atoms with Gasteiger partial charge in [0.05, 0.1) is 17.2 Å². The molecular weight excluding hydrogens is 290 g/mol. The molecular formula is C16H26ClNO3. The third-order valence-corrected chi connectivity index (χ3v) is 3.87. The van der Waals surface area contributed by atoms with Crippen molar-refractivity contribution in [2.45, 2.75) is 32.9 Å². The standard InChI is InChI=1S/C16H26ClNO3/c1-12(2)16(3,19)11-21-15-6-5-13(9-14(15)17)10-18-7-8-20-4/h5-6,9,12,18-19H,7-8,10-11H2,1-4H3. The SMILES string of the molecule is COCCNCc1ccc(OCC(C)(O)C(C)C)c(Cl)c1. The van der Waals surface area contributed by atoms with Crippen molar-refractivity contribution in [3.05, 3.63) is 28.8 Å². The van der Waals surface area contributed by atoms with E-state index in [1.54, 1.807) is 14.0 Å². The molecule has 0 aromatic heterocycles. The number of hydrogen-bond donors (Lipinski definition) is 2. The van der Waals surface area contributed by atoms with Crippen molar-refractivity contribution >= 4 is 11.6 Å². The zero-order valence-corrected chi connectivity index (χ0v) is 14.0. The highest BCUT2D eigenvalue weighted by molar-refractivity contribution is 6.32. The van der Waals surface area contributed by atoms with Gasteiger partial charge in [-0.05, 0) is 30.5 Å². The van der Waals surface area contributed by atoms with Gasteiger partial charge in [-0.3, -0.25) is 0 Å². The summed E-state index contributed by atoms with van der Waals surface area (Å²) in [5.74, 6) is 0.707. The summed E-state index contributed by atoms with van der Waals surface area (Å²) in [5, 5.41) is 14.0. The van der Waals surface area contributed by atoms with Crippen molar-refractivity contribution in [2.75, 3.05) is 26.9 Å². The first kappa shape index (κ1) is 18.2. The van der Waals surface area contributed by atoms with Crippen LogP contribution < -0.4 is 10.1 Å². The van der Waals surface area contributed by atoms with Gasteiger partial charge in [0.2, 0.25) is 0 Å². The van der Waals surface area contributed by atoms with E-state index in [-0.39, 0.29) is 12.5 Å². The Morgan fingerprint density at radius 3 is 2.67 bits per heavy atom. The molecule has 1 atom stereocenters. The Kier molecular flexibility index (Phi) is 7.46. The zero-order valence-electron chi connectivity index (χ0n) is 13.3. The molecule has 0 fully saturated rings. The number of ether oxygens (including phenoxy) is 2. The molecule has 0 aliphatic heterocycles. The quantitative estimate of drug-likeness (QED) is 0.688. The topological polar surface area (TPSA) is 50.7 Å². The summed E-state index contributed by atoms with van der Waals surface area (Å²) in [4.78, 5) is 0. The molecule has 0 spiro atoms. The van der Waals surface area contributed by atoms with E-state index in [1.165, 1.54) is 0 Å². The van der Waals surface area contributed by atoms with E-state index in [0.717, 1.165) is 18.7 Å². The van der Waals surface area contributed by atoms with Gasteiger partial charge in [-0.2, -0.15) is 0 Å². The predicted molar refractivity (Wildman–Crippen MR) is 86.0 cm³/mol. The molecule has 21 heavy (non-hydrogen) atoms. The number of halogens is 1. The highest BCUT2D eigenvalue weighted by atomic mass is 35.5. The van der Waals surface area contributed by atoms with Gasteiger partial charge in [0.1, 0.15) is 12.4 Å². The lowest BCUT2D eigenvalue weighted by Crippen LogP contribution is -2.37. The van der Waals surface area contributed by atoms with Gasteiger partial charge >= 0.3 is 0 Å². The molecule has 0 amide bonds. The number of nitrogens with one attached hydrogen (secondary N) is 1. The molecule has 2 N–H and O–H groups in total. The number of rotatable bonds is 9. The van der Waals surface area contributed by atoms with Gasteiger partial charge in [0.25, 0.3) is 0 Å². The van der Waals surface area contributed by atoms with Crippen LogP contribution in [0.25, 0.3) is 0 Å². The van der Waals surface area contributed by atoms with Crippen molar-refractivity contribution in [1.82, 2.24) is 5.32 Å². The second-order valence-corrected chi connectivity index (χ2v) is 6.14. The minimum Gasteiger partial charge on any atom is -0.489 e. The molecule has 0 aliphatic carbocycles. The van der Waals surface area contributed by atoms with E-state index < -0.39 is 5.60 Å². The molecule has 4 nitrogen and oxygen atoms in total. The third kappa shape index (κ3) is 6.22. The van der Waals surface area contributed by atoms with Crippen molar-refractivity contribution in [1.29, 1.82) is 0 Å². The molecule has 120 valence electrons. The maximum atomic E-state index is 10.2. The molecule has 1 aromatic carbocycles. The summed E-state index contributed by atoms with van der Waals surface area (Å²) >= 11 is 6.22. The van der Waals surface area contributed by atoms with Crippen molar-refractivity contribution in [3.63, 3.8) is 0 Å². The predicted octanol–water partition coefficient (Wildman–Crippen LogP) is 2.86. The lowest BCUT2D eigenvalue weighted by molar-refractivity contribution is -0.0266. The van der Waals surface area contributed by atoms with Crippen LogP contribution in [0.5, 0.6) is 5.75 Å². The van der Waals surface area contributed by atoms with Gasteiger partial charge in [0.15, 0.2) is 0 Å². The normalized spacial score (nSPS) is 14.2. The Balaban J connectivity index is 2.54. The largest absolute Gasteiger partial charge is 0.489 e. The van der Waals surface area contributed by atoms with E-state index in [0.29, 0.717) is 17.4 Å². The first-order valence-corrected chi connectivity index (χ1v) is 7.58. The number of hydrogen-bond acceptors (Lipinski definition) is 4. The van der Waals surface area contributed by atoms with E-state index in [2.05, 4.69) is 5.32 Å². The van der Waals surface area contributed by atoms with E-state index in [9.17, 15) is 5.11 Å². The monoisotopic (exact) mass is 315 g/mol. The Morgan fingerprint density at radius 2 is 2.10 bits per heavy atom. The molecule has 5 heteroatoms. The molecule has 1 rings (SSSR count). The minimum atomic E-state index is -0.871. The van der Waals surface area contributed by atoms with Crippen LogP contribution in [0.15, 0.2) is 18.2 Å². The Labute approximate surface area is 132 Å². The van der Waals surface area contributed by atoms with Crippen LogP contribution in [0.4, 0.5) is 0 Å². The molecule has 0 saturated carbocycles. The van der Waals surface area contributed by atoms with Gasteiger partial charge in [-0.25, -0.2) is 0 Å². The summed E-state index contributed by atoms with van der Waals surface area (Å²) in [6.07, 6.45) is 0. The average Bonchev–Trinajstić information content (AvgIpc) is 2.42. The van der Waals surface area contributed by atoms with Crippen LogP contribution in [0.3, 0.4) is 0 Å². The van der Waals surface area contributed by atoms with Crippen LogP contribution in [0.1, 0.15) is 26.3 Å². The second-order valence-electron chi connectivity index (χ2n) is 5.73. The Morgan fingerprint density at radius 1 is 1.38 bits per heavy atom. The summed E-state index contributed by atoms with van der Waals surface area (Å²) < 4.78 is 10.6. The smallest absolute Gasteiger partial charge is 0.138 e. The van der Waals surface area contributed by atoms with E-state index in [1.807, 2.05) is 32.0 Å². The van der Waals surface area contributed by atoms with Gasteiger partial charge in [0, 0.05) is 20.2 Å². The summed E-state index contributed by atoms with van der Waals surface area (Å²) in [5.41, 5.74) is 0.211. The average molecular weight is 316 g/mol. The van der Waals surface area contributed by atoms with Crippen molar-refractivity contribution in [2.24, 2.45) is 5.92 Å². The molecule has 0 radical (unpaired) electrons. The Bertz CT molecular complexity index is 436. The zero-order chi connectivity index (χ0) is 15.9. The fourth-order valence-electron chi connectivity index (χ4n) is 1.57. The van der Waals surface area contributed by atoms with Crippen molar-refractivity contribution < 1.29 is 14.6 Å². The van der Waals surface area contributed by atoms with Crippen LogP contribution >= 0.6 is 11.6 Å². The van der Waals surface area contributed by atoms with Gasteiger partial charge in [-0.1, -0.05) is 31.5 Å². The fourth-order valence-corrected chi connectivity index (χ4v) is 1.83. The molecule has 0 heterocycles. The highest BCUT2D eigenvalue weighted by Crippen LogP contribution is 2.27. The maximum Gasteiger partial charge on any atom is 0.138 e. The lowest BCUT2D eigenvalue weighted by Gasteiger charge is -2.27. The van der Waals surface area contributed by atoms with Crippen LogP contribution in [-0.4, -0.2) is 37.6 Å². The van der Waals surface area contributed by atoms with E-state index in [4.69, 9.17) is 21.1 Å². The first-order valence-electron chi connectivity index (χ1n) is 7.20. The van der Waals surface area contributed by atoms with E-state index >= 15 is 0 Å². The van der Waals surface area contributed by atoms with Crippen molar-refractivity contribution in [3.8, 4) is 5.75 Å². The Hall–Kier alpha value is -0.810. The number of aliphatic hydroxyl groups is 1. The summed E-state index contributed by atoms with van der Waals surface area (Å²) in [6, 6.07) is 5.68. The maximum absolute atomic E-state index is 10.2. The minimum absolute atomic E-state index is 0.112. The third-order valence-electron chi connectivity index (χ3n) is 3.57. The summed E-state index contributed by atoms with van der Waals surface area (Å²) in [7, 11) is 1.68. The lowest BCUT2D eigenvalue weighted by atomic mass is 9.94. The number of benzene rings is 1. The van der Waals surface area contributed by atoms with Gasteiger partial charge in [-0.15, -0.1) is 0 Å². The van der Waals surface area contributed by atoms with Crippen LogP contribution in [0.2, 0.25) is 5.02 Å². The molecule has 1 aromatic rings. The second kappa shape index (κ2) is 8.59. The van der Waals surface area contributed by atoms with Crippen LogP contribution in [0, 0.1) is 5.92 Å². The summed E-state index contributed by atoms with van der Waals surface area (Å²) in [6.45, 7) is 8.10.